The number of rotatable bonds is 5. The van der Waals surface area contributed by atoms with Gasteiger partial charge in [0.15, 0.2) is 0 Å². The van der Waals surface area contributed by atoms with Crippen LogP contribution in [0, 0.1) is 0 Å². The second-order valence-corrected chi connectivity index (χ2v) is 3.71. The lowest BCUT2D eigenvalue weighted by Crippen LogP contribution is -1.99. The molecule has 1 rings (SSSR count). The maximum absolute atomic E-state index is 10.5. The Morgan fingerprint density at radius 2 is 2.19 bits per heavy atom. The number of carbonyl (C=O) groups is 1. The monoisotopic (exact) mass is 240 g/mol. The van der Waals surface area contributed by atoms with E-state index >= 15 is 0 Å². The maximum Gasteiger partial charge on any atom is 0.331 e. The summed E-state index contributed by atoms with van der Waals surface area (Å²) in [6.45, 7) is 2.17. The number of aliphatic carboxylic acids is 1. The molecule has 4 heteroatoms. The number of halogens is 1. The average Bonchev–Trinajstić information content (AvgIpc) is 2.26. The van der Waals surface area contributed by atoms with E-state index in [-0.39, 0.29) is 12.2 Å². The van der Waals surface area contributed by atoms with Gasteiger partial charge in [-0.05, 0) is 24.6 Å². The van der Waals surface area contributed by atoms with Gasteiger partial charge in [0.2, 0.25) is 0 Å². The quantitative estimate of drug-likeness (QED) is 0.636. The van der Waals surface area contributed by atoms with E-state index in [1.165, 1.54) is 13.0 Å². The van der Waals surface area contributed by atoms with Crippen LogP contribution in [-0.4, -0.2) is 17.7 Å². The first-order chi connectivity index (χ1) is 7.61. The van der Waals surface area contributed by atoms with Gasteiger partial charge in [-0.15, -0.1) is 0 Å². The molecular formula is C12H13ClO3. The lowest BCUT2D eigenvalue weighted by molar-refractivity contribution is -0.132. The minimum absolute atomic E-state index is 0.267. The van der Waals surface area contributed by atoms with Gasteiger partial charge in [-0.25, -0.2) is 4.79 Å². The standard InChI is InChI=1S/C12H13ClO3/c1-9(12(14)15)6-7-16-8-10-4-2-3-5-11(10)13/h2-6H,7-8H2,1H3,(H,14,15). The third-order valence-electron chi connectivity index (χ3n) is 2.06. The van der Waals surface area contributed by atoms with Crippen molar-refractivity contribution < 1.29 is 14.6 Å². The number of hydrogen-bond acceptors (Lipinski definition) is 2. The maximum atomic E-state index is 10.5. The van der Waals surface area contributed by atoms with Crippen LogP contribution in [-0.2, 0) is 16.1 Å². The molecule has 0 unspecified atom stereocenters. The Kier molecular flexibility index (Phi) is 5.02. The molecule has 0 heterocycles. The molecule has 1 N–H and O–H groups in total. The summed E-state index contributed by atoms with van der Waals surface area (Å²) in [4.78, 5) is 10.5. The highest BCUT2D eigenvalue weighted by molar-refractivity contribution is 6.31. The lowest BCUT2D eigenvalue weighted by atomic mass is 10.2. The minimum atomic E-state index is -0.929. The van der Waals surface area contributed by atoms with Crippen LogP contribution in [0.3, 0.4) is 0 Å². The van der Waals surface area contributed by atoms with Crippen LogP contribution in [0.1, 0.15) is 12.5 Å². The Hall–Kier alpha value is -1.32. The van der Waals surface area contributed by atoms with E-state index in [9.17, 15) is 4.79 Å². The van der Waals surface area contributed by atoms with E-state index < -0.39 is 5.97 Å². The fraction of sp³-hybridized carbons (Fsp3) is 0.250. The highest BCUT2D eigenvalue weighted by Crippen LogP contribution is 2.15. The molecule has 0 aromatic heterocycles. The summed E-state index contributed by atoms with van der Waals surface area (Å²) in [7, 11) is 0. The number of ether oxygens (including phenoxy) is 1. The van der Waals surface area contributed by atoms with E-state index in [4.69, 9.17) is 21.4 Å². The van der Waals surface area contributed by atoms with Crippen molar-refractivity contribution in [2.45, 2.75) is 13.5 Å². The van der Waals surface area contributed by atoms with Crippen LogP contribution in [0.5, 0.6) is 0 Å². The molecule has 0 aliphatic heterocycles. The average molecular weight is 241 g/mol. The van der Waals surface area contributed by atoms with Crippen molar-refractivity contribution in [2.24, 2.45) is 0 Å². The molecule has 0 amide bonds. The SMILES string of the molecule is CC(=CCOCc1ccccc1Cl)C(=O)O. The summed E-state index contributed by atoms with van der Waals surface area (Å²) < 4.78 is 5.30. The van der Waals surface area contributed by atoms with E-state index in [1.54, 1.807) is 6.07 Å². The molecule has 0 atom stereocenters. The number of carboxylic acid groups (broad SMARTS) is 1. The van der Waals surface area contributed by atoms with Crippen LogP contribution >= 0.6 is 11.6 Å². The molecule has 3 nitrogen and oxygen atoms in total. The van der Waals surface area contributed by atoms with Gasteiger partial charge in [0.1, 0.15) is 0 Å². The van der Waals surface area contributed by atoms with Gasteiger partial charge < -0.3 is 9.84 Å². The summed E-state index contributed by atoms with van der Waals surface area (Å²) in [6.07, 6.45) is 1.53. The Morgan fingerprint density at radius 3 is 2.81 bits per heavy atom. The largest absolute Gasteiger partial charge is 0.478 e. The van der Waals surface area contributed by atoms with Crippen LogP contribution in [0.15, 0.2) is 35.9 Å². The molecule has 1 aromatic rings. The number of hydrogen-bond donors (Lipinski definition) is 1. The Bertz CT molecular complexity index is 399. The zero-order valence-corrected chi connectivity index (χ0v) is 9.70. The summed E-state index contributed by atoms with van der Waals surface area (Å²) in [5.74, 6) is -0.929. The van der Waals surface area contributed by atoms with Crippen molar-refractivity contribution in [3.05, 3.63) is 46.5 Å². The van der Waals surface area contributed by atoms with E-state index in [1.807, 2.05) is 18.2 Å². The first kappa shape index (κ1) is 12.7. The molecule has 16 heavy (non-hydrogen) atoms. The second kappa shape index (κ2) is 6.30. The molecule has 0 radical (unpaired) electrons. The third-order valence-corrected chi connectivity index (χ3v) is 2.43. The molecule has 0 saturated heterocycles. The predicted octanol–water partition coefficient (Wildman–Crippen LogP) is 2.89. The van der Waals surface area contributed by atoms with E-state index in [0.29, 0.717) is 11.6 Å². The van der Waals surface area contributed by atoms with Crippen LogP contribution < -0.4 is 0 Å². The van der Waals surface area contributed by atoms with Gasteiger partial charge in [0, 0.05) is 10.6 Å². The Labute approximate surface area is 99.3 Å². The van der Waals surface area contributed by atoms with Crippen molar-refractivity contribution in [1.29, 1.82) is 0 Å². The lowest BCUT2D eigenvalue weighted by Gasteiger charge is -2.03. The van der Waals surface area contributed by atoms with Crippen LogP contribution in [0.2, 0.25) is 5.02 Å². The van der Waals surface area contributed by atoms with E-state index in [2.05, 4.69) is 0 Å². The fourth-order valence-electron chi connectivity index (χ4n) is 1.06. The molecule has 0 saturated carbocycles. The predicted molar refractivity (Wildman–Crippen MR) is 62.5 cm³/mol. The number of carboxylic acids is 1. The molecule has 86 valence electrons. The first-order valence-corrected chi connectivity index (χ1v) is 5.20. The summed E-state index contributed by atoms with van der Waals surface area (Å²) in [6, 6.07) is 7.39. The molecular weight excluding hydrogens is 228 g/mol. The zero-order chi connectivity index (χ0) is 12.0. The number of benzene rings is 1. The van der Waals surface area contributed by atoms with Crippen molar-refractivity contribution in [2.75, 3.05) is 6.61 Å². The van der Waals surface area contributed by atoms with E-state index in [0.717, 1.165) is 5.56 Å². The van der Waals surface area contributed by atoms with Crippen molar-refractivity contribution in [3.63, 3.8) is 0 Å². The van der Waals surface area contributed by atoms with Gasteiger partial charge in [-0.3, -0.25) is 0 Å². The third kappa shape index (κ3) is 4.04. The summed E-state index contributed by atoms with van der Waals surface area (Å²) in [5.41, 5.74) is 1.17. The minimum Gasteiger partial charge on any atom is -0.478 e. The van der Waals surface area contributed by atoms with Gasteiger partial charge in [0.05, 0.1) is 13.2 Å². The van der Waals surface area contributed by atoms with Gasteiger partial charge in [-0.2, -0.15) is 0 Å². The van der Waals surface area contributed by atoms with Crippen molar-refractivity contribution in [3.8, 4) is 0 Å². The second-order valence-electron chi connectivity index (χ2n) is 3.30. The molecule has 1 aromatic carbocycles. The van der Waals surface area contributed by atoms with Gasteiger partial charge in [0.25, 0.3) is 0 Å². The molecule has 0 aliphatic rings. The Balaban J connectivity index is 2.40. The van der Waals surface area contributed by atoms with Crippen LogP contribution in [0.25, 0.3) is 0 Å². The molecule has 0 fully saturated rings. The van der Waals surface area contributed by atoms with Crippen molar-refractivity contribution >= 4 is 17.6 Å². The fourth-order valence-corrected chi connectivity index (χ4v) is 1.25. The Morgan fingerprint density at radius 1 is 1.50 bits per heavy atom. The van der Waals surface area contributed by atoms with Crippen LogP contribution in [0.4, 0.5) is 0 Å². The van der Waals surface area contributed by atoms with Gasteiger partial charge in [-0.1, -0.05) is 29.8 Å². The summed E-state index contributed by atoms with van der Waals surface area (Å²) in [5, 5.41) is 9.25. The molecule has 0 bridgehead atoms. The highest BCUT2D eigenvalue weighted by atomic mass is 35.5. The van der Waals surface area contributed by atoms with Gasteiger partial charge >= 0.3 is 5.97 Å². The smallest absolute Gasteiger partial charge is 0.331 e. The zero-order valence-electron chi connectivity index (χ0n) is 8.94. The summed E-state index contributed by atoms with van der Waals surface area (Å²) >= 11 is 5.93. The first-order valence-electron chi connectivity index (χ1n) is 4.82. The highest BCUT2D eigenvalue weighted by Gasteiger charge is 2.00. The van der Waals surface area contributed by atoms with Crippen molar-refractivity contribution in [1.82, 2.24) is 0 Å². The molecule has 0 aliphatic carbocycles. The normalized spacial score (nSPS) is 11.5. The topological polar surface area (TPSA) is 46.5 Å². The molecule has 0 spiro atoms.